The van der Waals surface area contributed by atoms with E-state index in [2.05, 4.69) is 32.2 Å². The molecule has 1 saturated carbocycles. The Labute approximate surface area is 139 Å². The van der Waals surface area contributed by atoms with Gasteiger partial charge in [0.05, 0.1) is 10.0 Å². The fraction of sp³-hybridized carbons (Fsp3) is 0.667. The molecule has 1 aromatic carbocycles. The van der Waals surface area contributed by atoms with Crippen LogP contribution in [0, 0.1) is 17.8 Å². The minimum Gasteiger partial charge on any atom is -0.314 e. The Bertz CT molecular complexity index is 451. The SMILES string of the molecule is CCNC(Cc1ccc(Cl)c(Cl)c1)C1CC(C)CC(C)C1. The van der Waals surface area contributed by atoms with E-state index in [1.54, 1.807) is 0 Å². The van der Waals surface area contributed by atoms with E-state index in [9.17, 15) is 0 Å². The molecule has 1 fully saturated rings. The fourth-order valence-corrected chi connectivity index (χ4v) is 4.25. The molecule has 1 aromatic rings. The first-order valence-corrected chi connectivity index (χ1v) is 8.92. The van der Waals surface area contributed by atoms with Gasteiger partial charge in [0.15, 0.2) is 0 Å². The monoisotopic (exact) mass is 327 g/mol. The Morgan fingerprint density at radius 1 is 1.10 bits per heavy atom. The molecule has 118 valence electrons. The first kappa shape index (κ1) is 17.1. The fourth-order valence-electron chi connectivity index (χ4n) is 3.93. The molecule has 1 nitrogen and oxygen atoms in total. The highest BCUT2D eigenvalue weighted by molar-refractivity contribution is 6.42. The predicted molar refractivity (Wildman–Crippen MR) is 93.3 cm³/mol. The summed E-state index contributed by atoms with van der Waals surface area (Å²) in [6, 6.07) is 6.57. The lowest BCUT2D eigenvalue weighted by atomic mass is 9.72. The molecule has 0 radical (unpaired) electrons. The average Bonchev–Trinajstić information content (AvgIpc) is 2.41. The van der Waals surface area contributed by atoms with Crippen molar-refractivity contribution in [1.82, 2.24) is 5.32 Å². The van der Waals surface area contributed by atoms with Crippen molar-refractivity contribution in [3.63, 3.8) is 0 Å². The number of hydrogen-bond donors (Lipinski definition) is 1. The molecule has 2 rings (SSSR count). The van der Waals surface area contributed by atoms with Crippen LogP contribution >= 0.6 is 23.2 Å². The van der Waals surface area contributed by atoms with Crippen LogP contribution in [0.1, 0.15) is 45.6 Å². The van der Waals surface area contributed by atoms with E-state index in [4.69, 9.17) is 23.2 Å². The van der Waals surface area contributed by atoms with Gasteiger partial charge in [0.1, 0.15) is 0 Å². The van der Waals surface area contributed by atoms with Crippen molar-refractivity contribution in [3.8, 4) is 0 Å². The van der Waals surface area contributed by atoms with E-state index in [1.165, 1.54) is 24.8 Å². The van der Waals surface area contributed by atoms with Gasteiger partial charge in [-0.15, -0.1) is 0 Å². The summed E-state index contributed by atoms with van der Waals surface area (Å²) in [5.41, 5.74) is 1.28. The van der Waals surface area contributed by atoms with Gasteiger partial charge in [-0.3, -0.25) is 0 Å². The summed E-state index contributed by atoms with van der Waals surface area (Å²) in [6.45, 7) is 8.00. The Morgan fingerprint density at radius 3 is 2.33 bits per heavy atom. The van der Waals surface area contributed by atoms with Crippen LogP contribution in [0.15, 0.2) is 18.2 Å². The zero-order chi connectivity index (χ0) is 15.4. The van der Waals surface area contributed by atoms with Crippen molar-refractivity contribution < 1.29 is 0 Å². The number of halogens is 2. The van der Waals surface area contributed by atoms with Crippen LogP contribution in [0.5, 0.6) is 0 Å². The van der Waals surface area contributed by atoms with Crippen LogP contribution < -0.4 is 5.32 Å². The van der Waals surface area contributed by atoms with Crippen LogP contribution in [0.4, 0.5) is 0 Å². The zero-order valence-electron chi connectivity index (χ0n) is 13.3. The lowest BCUT2D eigenvalue weighted by molar-refractivity contribution is 0.176. The molecule has 0 aromatic heterocycles. The number of likely N-dealkylation sites (N-methyl/N-ethyl adjacent to an activating group) is 1. The zero-order valence-corrected chi connectivity index (χ0v) is 14.8. The van der Waals surface area contributed by atoms with Gasteiger partial charge in [0, 0.05) is 6.04 Å². The number of hydrogen-bond acceptors (Lipinski definition) is 1. The van der Waals surface area contributed by atoms with Crippen molar-refractivity contribution in [1.29, 1.82) is 0 Å². The van der Waals surface area contributed by atoms with E-state index in [1.807, 2.05) is 12.1 Å². The van der Waals surface area contributed by atoms with Crippen molar-refractivity contribution >= 4 is 23.2 Å². The summed E-state index contributed by atoms with van der Waals surface area (Å²) >= 11 is 12.2. The summed E-state index contributed by atoms with van der Waals surface area (Å²) in [6.07, 6.45) is 5.09. The molecule has 0 saturated heterocycles. The molecule has 1 aliphatic carbocycles. The van der Waals surface area contributed by atoms with Crippen LogP contribution in [0.25, 0.3) is 0 Å². The van der Waals surface area contributed by atoms with E-state index in [0.29, 0.717) is 16.1 Å². The highest BCUT2D eigenvalue weighted by atomic mass is 35.5. The first-order chi connectivity index (χ1) is 9.99. The van der Waals surface area contributed by atoms with E-state index >= 15 is 0 Å². The second-order valence-corrected chi connectivity index (χ2v) is 7.61. The van der Waals surface area contributed by atoms with Gasteiger partial charge in [-0.2, -0.15) is 0 Å². The molecule has 3 atom stereocenters. The van der Waals surface area contributed by atoms with Crippen LogP contribution in [-0.4, -0.2) is 12.6 Å². The minimum absolute atomic E-state index is 0.539. The van der Waals surface area contributed by atoms with Gasteiger partial charge in [-0.1, -0.05) is 50.0 Å². The summed E-state index contributed by atoms with van der Waals surface area (Å²) in [5.74, 6) is 2.44. The maximum absolute atomic E-state index is 6.15. The van der Waals surface area contributed by atoms with Gasteiger partial charge in [-0.05, 0) is 67.7 Å². The number of nitrogens with one attached hydrogen (secondary N) is 1. The third-order valence-corrected chi connectivity index (χ3v) is 5.43. The average molecular weight is 328 g/mol. The van der Waals surface area contributed by atoms with Gasteiger partial charge in [0.2, 0.25) is 0 Å². The molecule has 3 unspecified atom stereocenters. The molecular formula is C18H27Cl2N. The summed E-state index contributed by atoms with van der Waals surface area (Å²) in [4.78, 5) is 0. The molecule has 0 aliphatic heterocycles. The molecule has 0 heterocycles. The maximum Gasteiger partial charge on any atom is 0.0595 e. The summed E-state index contributed by atoms with van der Waals surface area (Å²) < 4.78 is 0. The van der Waals surface area contributed by atoms with Crippen LogP contribution in [0.2, 0.25) is 10.0 Å². The van der Waals surface area contributed by atoms with Gasteiger partial charge < -0.3 is 5.32 Å². The van der Waals surface area contributed by atoms with Gasteiger partial charge in [0.25, 0.3) is 0 Å². The van der Waals surface area contributed by atoms with E-state index < -0.39 is 0 Å². The predicted octanol–water partition coefficient (Wildman–Crippen LogP) is 5.59. The highest BCUT2D eigenvalue weighted by Gasteiger charge is 2.29. The quantitative estimate of drug-likeness (QED) is 0.743. The smallest absolute Gasteiger partial charge is 0.0595 e. The Hall–Kier alpha value is -0.240. The molecule has 1 N–H and O–H groups in total. The van der Waals surface area contributed by atoms with Crippen LogP contribution in [0.3, 0.4) is 0 Å². The van der Waals surface area contributed by atoms with Crippen molar-refractivity contribution in [3.05, 3.63) is 33.8 Å². The molecule has 0 amide bonds. The van der Waals surface area contributed by atoms with Crippen LogP contribution in [-0.2, 0) is 6.42 Å². The number of rotatable bonds is 5. The third kappa shape index (κ3) is 4.87. The van der Waals surface area contributed by atoms with Gasteiger partial charge in [-0.25, -0.2) is 0 Å². The molecule has 3 heteroatoms. The Kier molecular flexibility index (Phi) is 6.40. The summed E-state index contributed by atoms with van der Waals surface area (Å²) in [5, 5.41) is 5.00. The molecular weight excluding hydrogens is 301 g/mol. The molecule has 1 aliphatic rings. The third-order valence-electron chi connectivity index (χ3n) is 4.69. The lowest BCUT2D eigenvalue weighted by Gasteiger charge is -2.37. The Morgan fingerprint density at radius 2 is 1.76 bits per heavy atom. The first-order valence-electron chi connectivity index (χ1n) is 8.16. The van der Waals surface area contributed by atoms with Gasteiger partial charge >= 0.3 is 0 Å². The topological polar surface area (TPSA) is 12.0 Å². The van der Waals surface area contributed by atoms with Crippen molar-refractivity contribution in [2.24, 2.45) is 17.8 Å². The van der Waals surface area contributed by atoms with Crippen molar-refractivity contribution in [2.75, 3.05) is 6.54 Å². The molecule has 0 bridgehead atoms. The second-order valence-electron chi connectivity index (χ2n) is 6.79. The van der Waals surface area contributed by atoms with Crippen molar-refractivity contribution in [2.45, 2.75) is 52.5 Å². The van der Waals surface area contributed by atoms with E-state index in [-0.39, 0.29) is 0 Å². The summed E-state index contributed by atoms with van der Waals surface area (Å²) in [7, 11) is 0. The second kappa shape index (κ2) is 7.85. The lowest BCUT2D eigenvalue weighted by Crippen LogP contribution is -2.41. The largest absolute Gasteiger partial charge is 0.314 e. The van der Waals surface area contributed by atoms with E-state index in [0.717, 1.165) is 30.7 Å². The molecule has 0 spiro atoms. The molecule has 21 heavy (non-hydrogen) atoms. The normalized spacial score (nSPS) is 27.6. The standard InChI is InChI=1S/C18H27Cl2N/c1-4-21-18(15-8-12(2)7-13(3)9-15)11-14-5-6-16(19)17(20)10-14/h5-6,10,12-13,15,18,21H,4,7-9,11H2,1-3H3. The highest BCUT2D eigenvalue weighted by Crippen LogP contribution is 2.36. The Balaban J connectivity index is 2.09. The minimum atomic E-state index is 0.539. The maximum atomic E-state index is 6.15. The number of benzene rings is 1.